The molecule has 7 rings (SSSR count). The van der Waals surface area contributed by atoms with Crippen molar-refractivity contribution in [2.75, 3.05) is 20.7 Å². The molecule has 2 aromatic heterocycles. The second-order valence-corrected chi connectivity index (χ2v) is 18.3. The second-order valence-electron chi connectivity index (χ2n) is 15.4. The molecule has 1 aromatic carbocycles. The van der Waals surface area contributed by atoms with Crippen LogP contribution in [0, 0.1) is 24.7 Å². The molecule has 3 heterocycles. The molecule has 0 spiro atoms. The van der Waals surface area contributed by atoms with Crippen molar-refractivity contribution in [3.63, 3.8) is 0 Å². The zero-order valence-corrected chi connectivity index (χ0v) is 32.6. The van der Waals surface area contributed by atoms with E-state index in [0.717, 1.165) is 47.3 Å². The van der Waals surface area contributed by atoms with Crippen LogP contribution in [0.2, 0.25) is 0 Å². The van der Waals surface area contributed by atoms with E-state index in [2.05, 4.69) is 23.9 Å². The van der Waals surface area contributed by atoms with Gasteiger partial charge in [0.15, 0.2) is 0 Å². The number of amides is 3. The Bertz CT molecular complexity index is 2060. The van der Waals surface area contributed by atoms with Gasteiger partial charge in [0.1, 0.15) is 33.8 Å². The Kier molecular flexibility index (Phi) is 10.3. The van der Waals surface area contributed by atoms with Crippen LogP contribution in [0.5, 0.6) is 11.5 Å². The second kappa shape index (κ2) is 14.7. The van der Waals surface area contributed by atoms with Crippen molar-refractivity contribution in [3.05, 3.63) is 47.0 Å². The summed E-state index contributed by atoms with van der Waals surface area (Å²) in [5, 5.41) is 5.96. The van der Waals surface area contributed by atoms with Crippen LogP contribution in [0.1, 0.15) is 88.8 Å². The summed E-state index contributed by atoms with van der Waals surface area (Å²) in [5.41, 5.74) is 1.79. The third-order valence-electron chi connectivity index (χ3n) is 11.2. The molecule has 3 saturated carbocycles. The predicted octanol–water partition coefficient (Wildman–Crippen LogP) is 5.64. The lowest BCUT2D eigenvalue weighted by Gasteiger charge is -2.26. The van der Waals surface area contributed by atoms with Gasteiger partial charge < -0.3 is 19.7 Å². The number of aryl methyl sites for hydroxylation is 1. The molecule has 14 heteroatoms. The third kappa shape index (κ3) is 7.53. The molecule has 3 aromatic rings. The van der Waals surface area contributed by atoms with Crippen LogP contribution < -0.4 is 19.5 Å². The van der Waals surface area contributed by atoms with E-state index >= 15 is 0 Å². The molecule has 0 saturated heterocycles. The van der Waals surface area contributed by atoms with E-state index in [9.17, 15) is 22.8 Å². The fourth-order valence-electron chi connectivity index (χ4n) is 7.72. The molecule has 284 valence electrons. The van der Waals surface area contributed by atoms with Crippen molar-refractivity contribution in [2.24, 2.45) is 17.8 Å². The number of sulfonamides is 1. The fraction of sp³-hybridized carbons (Fsp3) is 0.564. The van der Waals surface area contributed by atoms with Gasteiger partial charge in [-0.3, -0.25) is 19.1 Å². The molecule has 0 radical (unpaired) electrons. The van der Waals surface area contributed by atoms with Gasteiger partial charge in [0, 0.05) is 41.9 Å². The Morgan fingerprint density at radius 2 is 1.87 bits per heavy atom. The molecular weight excluding hydrogens is 715 g/mol. The maximum atomic E-state index is 14.3. The molecule has 1 aliphatic heterocycles. The van der Waals surface area contributed by atoms with Gasteiger partial charge in [-0.25, -0.2) is 18.4 Å². The number of carbonyl (C=O) groups excluding carboxylic acids is 3. The van der Waals surface area contributed by atoms with Gasteiger partial charge in [-0.1, -0.05) is 32.4 Å². The van der Waals surface area contributed by atoms with Crippen molar-refractivity contribution >= 4 is 50.0 Å². The minimum absolute atomic E-state index is 0.142. The molecule has 5 atom stereocenters. The summed E-state index contributed by atoms with van der Waals surface area (Å²) in [4.78, 5) is 53.7. The number of methoxy groups -OCH3 is 1. The van der Waals surface area contributed by atoms with Crippen LogP contribution in [0.25, 0.3) is 21.6 Å². The van der Waals surface area contributed by atoms with E-state index in [1.807, 2.05) is 42.7 Å². The number of pyridine rings is 1. The number of hydrogen-bond donors (Lipinski definition) is 2. The lowest BCUT2D eigenvalue weighted by molar-refractivity contribution is -0.140. The molecule has 2 N–H and O–H groups in total. The topological polar surface area (TPSA) is 157 Å². The van der Waals surface area contributed by atoms with Crippen LogP contribution in [-0.4, -0.2) is 78.6 Å². The lowest BCUT2D eigenvalue weighted by atomic mass is 9.93. The van der Waals surface area contributed by atoms with Crippen LogP contribution in [0.4, 0.5) is 0 Å². The fourth-order valence-corrected chi connectivity index (χ4v) is 10.0. The zero-order chi connectivity index (χ0) is 37.7. The number of carbonyl (C=O) groups is 3. The Balaban J connectivity index is 1.21. The maximum Gasteiger partial charge on any atom is 0.259 e. The standard InChI is InChI=1S/C39H49N5O7S2/c1-22(2)31-21-52-36(41-31)30-19-33(27-14-15-32(50-5)23(3)34(27)40-30)51-25-17-28-29(18-25)37(46)44(4)16-10-8-6-7-9-11-24-20-39(24,42-35(28)45)38(47)43-53(48,49)26-12-13-26/h9,11,14-15,19,21-22,24-26,28-29H,6-8,10,12-13,16-18,20H2,1-5H3,(H,42,45)(H,43,47)/b11-9-/t24-,25-,28-,29?,39-/m1/s1. The predicted molar refractivity (Wildman–Crippen MR) is 203 cm³/mol. The summed E-state index contributed by atoms with van der Waals surface area (Å²) in [6.07, 6.45) is 8.73. The van der Waals surface area contributed by atoms with Crippen LogP contribution >= 0.6 is 11.3 Å². The van der Waals surface area contributed by atoms with E-state index in [1.54, 1.807) is 19.1 Å². The molecule has 3 fully saturated rings. The minimum atomic E-state index is -3.83. The number of allylic oxidation sites excluding steroid dienone is 1. The summed E-state index contributed by atoms with van der Waals surface area (Å²) in [6, 6.07) is 5.67. The van der Waals surface area contributed by atoms with Crippen molar-refractivity contribution in [1.82, 2.24) is 24.9 Å². The van der Waals surface area contributed by atoms with Crippen molar-refractivity contribution in [3.8, 4) is 22.2 Å². The van der Waals surface area contributed by atoms with E-state index < -0.39 is 50.6 Å². The quantitative estimate of drug-likeness (QED) is 0.277. The Labute approximate surface area is 315 Å². The summed E-state index contributed by atoms with van der Waals surface area (Å²) < 4.78 is 40.3. The smallest absolute Gasteiger partial charge is 0.259 e. The Morgan fingerprint density at radius 3 is 2.58 bits per heavy atom. The monoisotopic (exact) mass is 763 g/mol. The minimum Gasteiger partial charge on any atom is -0.496 e. The van der Waals surface area contributed by atoms with Crippen LogP contribution in [0.3, 0.4) is 0 Å². The number of ether oxygens (including phenoxy) is 2. The summed E-state index contributed by atoms with van der Waals surface area (Å²) >= 11 is 1.52. The van der Waals surface area contributed by atoms with Crippen molar-refractivity contribution in [1.29, 1.82) is 0 Å². The molecule has 53 heavy (non-hydrogen) atoms. The number of fused-ring (bicyclic) bond motifs is 3. The number of rotatable bonds is 8. The van der Waals surface area contributed by atoms with E-state index in [-0.39, 0.29) is 30.6 Å². The normalized spacial score (nSPS) is 27.3. The number of benzene rings is 1. The van der Waals surface area contributed by atoms with Crippen LogP contribution in [0.15, 0.2) is 35.7 Å². The van der Waals surface area contributed by atoms with Crippen molar-refractivity contribution < 1.29 is 32.3 Å². The van der Waals surface area contributed by atoms with Gasteiger partial charge in [-0.15, -0.1) is 11.3 Å². The molecular formula is C39H49N5O7S2. The Morgan fingerprint density at radius 1 is 1.09 bits per heavy atom. The molecule has 0 bridgehead atoms. The third-order valence-corrected chi connectivity index (χ3v) is 13.9. The average molecular weight is 764 g/mol. The Hall–Kier alpha value is -4.04. The molecule has 4 aliphatic rings. The number of thiazole rings is 1. The largest absolute Gasteiger partial charge is 0.496 e. The average Bonchev–Trinajstić information content (AvgIpc) is 4.00. The maximum absolute atomic E-state index is 14.3. The van der Waals surface area contributed by atoms with Crippen molar-refractivity contribution in [2.45, 2.75) is 101 Å². The van der Waals surface area contributed by atoms with Gasteiger partial charge >= 0.3 is 0 Å². The number of hydrogen-bond acceptors (Lipinski definition) is 10. The first-order valence-electron chi connectivity index (χ1n) is 18.7. The highest BCUT2D eigenvalue weighted by Crippen LogP contribution is 2.47. The first kappa shape index (κ1) is 37.3. The first-order valence-corrected chi connectivity index (χ1v) is 21.1. The van der Waals surface area contributed by atoms with E-state index in [1.165, 1.54) is 11.3 Å². The number of nitrogens with zero attached hydrogens (tertiary/aromatic N) is 3. The van der Waals surface area contributed by atoms with Gasteiger partial charge in [-0.2, -0.15) is 0 Å². The summed E-state index contributed by atoms with van der Waals surface area (Å²) in [7, 11) is -0.438. The molecule has 3 amide bonds. The van der Waals surface area contributed by atoms with Gasteiger partial charge in [-0.05, 0) is 76.3 Å². The molecule has 12 nitrogen and oxygen atoms in total. The van der Waals surface area contributed by atoms with Crippen LogP contribution in [-0.2, 0) is 24.4 Å². The first-order chi connectivity index (χ1) is 25.3. The SMILES string of the molecule is COc1ccc2c(O[C@H]3CC4C(=O)N(C)CCCCC/C=C\[C@@H]5C[C@@]5(C(=O)NS(=O)(=O)C5CC5)NC(=O)[C@@H]4C3)cc(-c3nc(C(C)C)cs3)nc2c1C. The molecule has 3 aliphatic carbocycles. The van der Waals surface area contributed by atoms with E-state index in [4.69, 9.17) is 19.4 Å². The van der Waals surface area contributed by atoms with E-state index in [0.29, 0.717) is 48.5 Å². The lowest BCUT2D eigenvalue weighted by Crippen LogP contribution is -2.54. The highest BCUT2D eigenvalue weighted by Gasteiger charge is 2.62. The number of aromatic nitrogens is 2. The molecule has 1 unspecified atom stereocenters. The van der Waals surface area contributed by atoms with Gasteiger partial charge in [0.2, 0.25) is 21.8 Å². The summed E-state index contributed by atoms with van der Waals surface area (Å²) in [5.74, 6) is -1.63. The highest BCUT2D eigenvalue weighted by atomic mass is 32.2. The van der Waals surface area contributed by atoms with Gasteiger partial charge in [0.25, 0.3) is 5.91 Å². The zero-order valence-electron chi connectivity index (χ0n) is 31.0. The van der Waals surface area contributed by atoms with Gasteiger partial charge in [0.05, 0.1) is 35.4 Å². The highest BCUT2D eigenvalue weighted by molar-refractivity contribution is 7.91. The summed E-state index contributed by atoms with van der Waals surface area (Å²) in [6.45, 7) is 6.71. The number of nitrogens with one attached hydrogen (secondary N) is 2.